The van der Waals surface area contributed by atoms with Crippen molar-refractivity contribution < 1.29 is 4.39 Å². The Morgan fingerprint density at radius 3 is 2.46 bits per heavy atom. The van der Waals surface area contributed by atoms with Gasteiger partial charge in [0.1, 0.15) is 6.33 Å². The van der Waals surface area contributed by atoms with E-state index in [1.165, 1.54) is 0 Å². The Hall–Kier alpha value is -1.51. The maximum absolute atomic E-state index is 9.50. The Bertz CT molecular complexity index is 382. The number of nitrogens with zero attached hydrogens (tertiary/aromatic N) is 2. The van der Waals surface area contributed by atoms with Gasteiger partial charge in [-0.3, -0.25) is 4.39 Å². The van der Waals surface area contributed by atoms with E-state index in [1.54, 1.807) is 6.33 Å². The van der Waals surface area contributed by atoms with Crippen LogP contribution in [0.25, 0.3) is 10.9 Å². The van der Waals surface area contributed by atoms with Gasteiger partial charge < -0.3 is 0 Å². The first-order valence-electron chi connectivity index (χ1n) is 3.92. The summed E-state index contributed by atoms with van der Waals surface area (Å²) in [5.74, 6) is 0. The third-order valence-electron chi connectivity index (χ3n) is 1.74. The molecule has 0 aliphatic heterocycles. The molecule has 0 saturated heterocycles. The van der Waals surface area contributed by atoms with E-state index in [2.05, 4.69) is 9.97 Å². The van der Waals surface area contributed by atoms with Gasteiger partial charge in [0.05, 0.1) is 12.7 Å². The van der Waals surface area contributed by atoms with Crippen LogP contribution in [0, 0.1) is 6.92 Å². The SMILES string of the molecule is CF.Cc1ncnc2ccccc12. The Morgan fingerprint density at radius 1 is 1.08 bits per heavy atom. The summed E-state index contributed by atoms with van der Waals surface area (Å²) in [6, 6.07) is 8.00. The molecule has 0 unspecified atom stereocenters. The van der Waals surface area contributed by atoms with Crippen molar-refractivity contribution in [1.82, 2.24) is 9.97 Å². The van der Waals surface area contributed by atoms with E-state index in [0.717, 1.165) is 16.6 Å². The third kappa shape index (κ3) is 1.99. The van der Waals surface area contributed by atoms with Crippen LogP contribution in [0.15, 0.2) is 30.6 Å². The highest BCUT2D eigenvalue weighted by atomic mass is 19.1. The summed E-state index contributed by atoms with van der Waals surface area (Å²) < 4.78 is 9.50. The molecule has 1 heterocycles. The van der Waals surface area contributed by atoms with Crippen LogP contribution in [0.1, 0.15) is 5.69 Å². The number of fused-ring (bicyclic) bond motifs is 1. The lowest BCUT2D eigenvalue weighted by molar-refractivity contribution is 0.636. The van der Waals surface area contributed by atoms with E-state index >= 15 is 0 Å². The minimum absolute atomic E-state index is 0.500. The van der Waals surface area contributed by atoms with Gasteiger partial charge in [-0.25, -0.2) is 9.97 Å². The Balaban J connectivity index is 0.000000396. The van der Waals surface area contributed by atoms with E-state index in [4.69, 9.17) is 0 Å². The first-order chi connectivity index (χ1) is 6.38. The van der Waals surface area contributed by atoms with Gasteiger partial charge in [-0.2, -0.15) is 0 Å². The molecule has 1 aromatic carbocycles. The van der Waals surface area contributed by atoms with Gasteiger partial charge in [0, 0.05) is 11.1 Å². The van der Waals surface area contributed by atoms with Crippen LogP contribution in [0.2, 0.25) is 0 Å². The van der Waals surface area contributed by atoms with Crippen molar-refractivity contribution in [3.63, 3.8) is 0 Å². The van der Waals surface area contributed by atoms with Crippen LogP contribution >= 0.6 is 0 Å². The molecule has 0 radical (unpaired) electrons. The standard InChI is InChI=1S/C9H8N2.CH3F/c1-7-8-4-2-3-5-9(8)11-6-10-7;1-2/h2-6H,1H3;1H3. The zero-order valence-corrected chi connectivity index (χ0v) is 7.66. The first kappa shape index (κ1) is 9.58. The number of hydrogen-bond donors (Lipinski definition) is 0. The predicted molar refractivity (Wildman–Crippen MR) is 51.3 cm³/mol. The number of para-hydroxylation sites is 1. The van der Waals surface area contributed by atoms with Gasteiger partial charge in [0.15, 0.2) is 0 Å². The highest BCUT2D eigenvalue weighted by molar-refractivity contribution is 5.80. The van der Waals surface area contributed by atoms with Crippen molar-refractivity contribution in [3.05, 3.63) is 36.3 Å². The lowest BCUT2D eigenvalue weighted by Crippen LogP contribution is -1.85. The van der Waals surface area contributed by atoms with E-state index in [-0.39, 0.29) is 0 Å². The topological polar surface area (TPSA) is 25.8 Å². The molecule has 13 heavy (non-hydrogen) atoms. The maximum Gasteiger partial charge on any atom is 0.116 e. The van der Waals surface area contributed by atoms with Crippen LogP contribution < -0.4 is 0 Å². The molecular formula is C10H11FN2. The van der Waals surface area contributed by atoms with E-state index in [9.17, 15) is 4.39 Å². The summed E-state index contributed by atoms with van der Waals surface area (Å²) in [7, 11) is 0.500. The van der Waals surface area contributed by atoms with Gasteiger partial charge in [-0.1, -0.05) is 18.2 Å². The van der Waals surface area contributed by atoms with Gasteiger partial charge in [0.25, 0.3) is 0 Å². The quantitative estimate of drug-likeness (QED) is 0.619. The summed E-state index contributed by atoms with van der Waals surface area (Å²) in [6.45, 7) is 1.99. The highest BCUT2D eigenvalue weighted by Crippen LogP contribution is 2.11. The number of halogens is 1. The summed E-state index contributed by atoms with van der Waals surface area (Å²) in [4.78, 5) is 8.23. The number of alkyl halides is 1. The van der Waals surface area contributed by atoms with Gasteiger partial charge in [-0.05, 0) is 13.0 Å². The summed E-state index contributed by atoms with van der Waals surface area (Å²) in [5, 5.41) is 1.13. The van der Waals surface area contributed by atoms with Gasteiger partial charge in [-0.15, -0.1) is 0 Å². The zero-order valence-electron chi connectivity index (χ0n) is 7.66. The largest absolute Gasteiger partial charge is 0.255 e. The Labute approximate surface area is 76.5 Å². The average molecular weight is 178 g/mol. The van der Waals surface area contributed by atoms with Crippen molar-refractivity contribution in [2.45, 2.75) is 6.92 Å². The molecule has 1 aromatic heterocycles. The van der Waals surface area contributed by atoms with Gasteiger partial charge >= 0.3 is 0 Å². The fourth-order valence-electron chi connectivity index (χ4n) is 1.14. The molecule has 2 rings (SSSR count). The van der Waals surface area contributed by atoms with Crippen LogP contribution in [0.4, 0.5) is 4.39 Å². The molecule has 0 spiro atoms. The van der Waals surface area contributed by atoms with Crippen molar-refractivity contribution in [2.24, 2.45) is 0 Å². The van der Waals surface area contributed by atoms with Crippen molar-refractivity contribution in [1.29, 1.82) is 0 Å². The zero-order chi connectivity index (χ0) is 9.68. The monoisotopic (exact) mass is 178 g/mol. The molecule has 3 heteroatoms. The minimum Gasteiger partial charge on any atom is -0.255 e. The lowest BCUT2D eigenvalue weighted by atomic mass is 10.2. The summed E-state index contributed by atoms with van der Waals surface area (Å²) in [5.41, 5.74) is 2.05. The molecule has 0 aliphatic carbocycles. The Kier molecular flexibility index (Phi) is 3.31. The van der Waals surface area contributed by atoms with Crippen molar-refractivity contribution in [3.8, 4) is 0 Å². The second-order valence-corrected chi connectivity index (χ2v) is 2.48. The van der Waals surface area contributed by atoms with Crippen molar-refractivity contribution in [2.75, 3.05) is 7.18 Å². The number of benzene rings is 1. The molecule has 0 atom stereocenters. The van der Waals surface area contributed by atoms with Gasteiger partial charge in [0.2, 0.25) is 0 Å². The molecule has 0 saturated carbocycles. The minimum atomic E-state index is 0.500. The normalized spacial score (nSPS) is 9.15. The number of hydrogen-bond acceptors (Lipinski definition) is 2. The molecule has 0 bridgehead atoms. The van der Waals surface area contributed by atoms with E-state index in [1.807, 2.05) is 31.2 Å². The molecule has 0 fully saturated rings. The van der Waals surface area contributed by atoms with Crippen LogP contribution in [0.5, 0.6) is 0 Å². The fraction of sp³-hybridized carbons (Fsp3) is 0.200. The highest BCUT2D eigenvalue weighted by Gasteiger charge is 1.94. The van der Waals surface area contributed by atoms with E-state index in [0.29, 0.717) is 7.18 Å². The van der Waals surface area contributed by atoms with Crippen LogP contribution in [0.3, 0.4) is 0 Å². The predicted octanol–water partition coefficient (Wildman–Crippen LogP) is 2.52. The van der Waals surface area contributed by atoms with Crippen molar-refractivity contribution >= 4 is 10.9 Å². The van der Waals surface area contributed by atoms with Crippen LogP contribution in [-0.2, 0) is 0 Å². The second-order valence-electron chi connectivity index (χ2n) is 2.48. The molecule has 0 N–H and O–H groups in total. The molecule has 68 valence electrons. The number of rotatable bonds is 0. The smallest absolute Gasteiger partial charge is 0.116 e. The lowest BCUT2D eigenvalue weighted by Gasteiger charge is -1.96. The second kappa shape index (κ2) is 4.50. The summed E-state index contributed by atoms with van der Waals surface area (Å²) in [6.07, 6.45) is 1.59. The average Bonchev–Trinajstić information content (AvgIpc) is 2.22. The molecule has 0 amide bonds. The molecule has 0 aliphatic rings. The molecule has 2 nitrogen and oxygen atoms in total. The fourth-order valence-corrected chi connectivity index (χ4v) is 1.14. The Morgan fingerprint density at radius 2 is 1.77 bits per heavy atom. The van der Waals surface area contributed by atoms with Crippen LogP contribution in [-0.4, -0.2) is 17.1 Å². The molecular weight excluding hydrogens is 167 g/mol. The number of aromatic nitrogens is 2. The first-order valence-corrected chi connectivity index (χ1v) is 3.92. The number of aryl methyl sites for hydroxylation is 1. The van der Waals surface area contributed by atoms with E-state index < -0.39 is 0 Å². The summed E-state index contributed by atoms with van der Waals surface area (Å²) >= 11 is 0. The maximum atomic E-state index is 9.50. The molecule has 2 aromatic rings. The third-order valence-corrected chi connectivity index (χ3v) is 1.74.